The van der Waals surface area contributed by atoms with Gasteiger partial charge in [-0.2, -0.15) is 0 Å². The van der Waals surface area contributed by atoms with E-state index >= 15 is 0 Å². The van der Waals surface area contributed by atoms with Gasteiger partial charge in [0.1, 0.15) is 0 Å². The topological polar surface area (TPSA) is 85.1 Å². The monoisotopic (exact) mass is 365 g/mol. The van der Waals surface area contributed by atoms with Crippen LogP contribution in [0.15, 0.2) is 35.7 Å². The maximum atomic E-state index is 11.9. The van der Waals surface area contributed by atoms with Gasteiger partial charge in [0.15, 0.2) is 5.13 Å². The zero-order valence-electron chi connectivity index (χ0n) is 11.7. The van der Waals surface area contributed by atoms with Crippen LogP contribution in [0.2, 0.25) is 0 Å². The van der Waals surface area contributed by atoms with Gasteiger partial charge >= 0.3 is 0 Å². The first-order valence-corrected chi connectivity index (χ1v) is 9.42. The summed E-state index contributed by atoms with van der Waals surface area (Å²) in [7, 11) is 0. The van der Waals surface area contributed by atoms with Crippen LogP contribution in [0, 0.1) is 10.1 Å². The Bertz CT molecular complexity index is 845. The highest BCUT2D eigenvalue weighted by Crippen LogP contribution is 2.29. The number of anilines is 1. The van der Waals surface area contributed by atoms with Crippen molar-refractivity contribution in [3.63, 3.8) is 0 Å². The molecule has 9 heteroatoms. The zero-order chi connectivity index (χ0) is 16.2. The normalized spacial score (nSPS) is 10.8. The molecule has 1 N–H and O–H groups in total. The standard InChI is InChI=1S/C14H11N3O3S3/c18-13(8-21-7-10-2-1-5-22-10)16-14-15-11-6-9(17(19)20)3-4-12(11)23-14/h1-6H,7-8H2,(H,15,16,18). The van der Waals surface area contributed by atoms with E-state index in [1.807, 2.05) is 17.5 Å². The van der Waals surface area contributed by atoms with Gasteiger partial charge in [0.05, 0.1) is 20.9 Å². The number of thiazole rings is 1. The largest absolute Gasteiger partial charge is 0.301 e. The van der Waals surface area contributed by atoms with Crippen molar-refractivity contribution in [2.24, 2.45) is 0 Å². The summed E-state index contributed by atoms with van der Waals surface area (Å²) < 4.78 is 0.803. The SMILES string of the molecule is O=C(CSCc1cccs1)Nc1nc2cc([N+](=O)[O-])ccc2s1. The number of nitro groups is 1. The highest BCUT2D eigenvalue weighted by molar-refractivity contribution is 7.99. The van der Waals surface area contributed by atoms with Crippen molar-refractivity contribution in [1.82, 2.24) is 4.98 Å². The highest BCUT2D eigenvalue weighted by atomic mass is 32.2. The number of amides is 1. The highest BCUT2D eigenvalue weighted by Gasteiger charge is 2.12. The van der Waals surface area contributed by atoms with E-state index in [1.165, 1.54) is 40.1 Å². The summed E-state index contributed by atoms with van der Waals surface area (Å²) in [5, 5.41) is 16.0. The number of carbonyl (C=O) groups excluding carboxylic acids is 1. The summed E-state index contributed by atoms with van der Waals surface area (Å²) in [6.45, 7) is 0. The van der Waals surface area contributed by atoms with Crippen LogP contribution >= 0.6 is 34.4 Å². The van der Waals surface area contributed by atoms with Crippen LogP contribution in [0.5, 0.6) is 0 Å². The number of nitrogens with zero attached hydrogens (tertiary/aromatic N) is 2. The smallest absolute Gasteiger partial charge is 0.271 e. The Morgan fingerprint density at radius 3 is 3.00 bits per heavy atom. The average Bonchev–Trinajstić information content (AvgIpc) is 3.14. The first-order chi connectivity index (χ1) is 11.1. The van der Waals surface area contributed by atoms with Crippen LogP contribution in [0.1, 0.15) is 4.88 Å². The van der Waals surface area contributed by atoms with Crippen molar-refractivity contribution >= 4 is 61.4 Å². The number of hydrogen-bond donors (Lipinski definition) is 1. The molecule has 3 rings (SSSR count). The van der Waals surface area contributed by atoms with E-state index < -0.39 is 4.92 Å². The second-order valence-electron chi connectivity index (χ2n) is 4.55. The number of aromatic nitrogens is 1. The van der Waals surface area contributed by atoms with E-state index in [-0.39, 0.29) is 11.6 Å². The molecule has 1 aromatic carbocycles. The summed E-state index contributed by atoms with van der Waals surface area (Å²) in [4.78, 5) is 27.7. The second-order valence-corrected chi connectivity index (χ2v) is 7.60. The number of benzene rings is 1. The quantitative estimate of drug-likeness (QED) is 0.524. The molecule has 118 valence electrons. The molecule has 0 unspecified atom stereocenters. The molecule has 3 aromatic rings. The van der Waals surface area contributed by atoms with Crippen molar-refractivity contribution in [3.8, 4) is 0 Å². The van der Waals surface area contributed by atoms with Gasteiger partial charge < -0.3 is 5.32 Å². The first kappa shape index (κ1) is 15.9. The molecule has 1 amide bonds. The molecule has 2 aromatic heterocycles. The van der Waals surface area contributed by atoms with Crippen LogP contribution in [0.25, 0.3) is 10.2 Å². The molecular formula is C14H11N3O3S3. The van der Waals surface area contributed by atoms with Crippen molar-refractivity contribution < 1.29 is 9.72 Å². The van der Waals surface area contributed by atoms with E-state index in [0.717, 1.165) is 10.5 Å². The molecule has 0 radical (unpaired) electrons. The molecule has 6 nitrogen and oxygen atoms in total. The van der Waals surface area contributed by atoms with Crippen LogP contribution in [-0.4, -0.2) is 21.6 Å². The number of thiophene rings is 1. The summed E-state index contributed by atoms with van der Waals surface area (Å²) in [5.74, 6) is 1.02. The van der Waals surface area contributed by atoms with Crippen LogP contribution < -0.4 is 5.32 Å². The molecule has 0 saturated carbocycles. The fraction of sp³-hybridized carbons (Fsp3) is 0.143. The zero-order valence-corrected chi connectivity index (χ0v) is 14.2. The fourth-order valence-electron chi connectivity index (χ4n) is 1.88. The van der Waals surface area contributed by atoms with Gasteiger partial charge in [0.25, 0.3) is 5.69 Å². The molecule has 0 aliphatic heterocycles. The molecule has 0 spiro atoms. The lowest BCUT2D eigenvalue weighted by molar-refractivity contribution is -0.384. The molecule has 0 atom stereocenters. The molecular weight excluding hydrogens is 354 g/mol. The van der Waals surface area contributed by atoms with E-state index in [1.54, 1.807) is 17.4 Å². The molecule has 0 saturated heterocycles. The lowest BCUT2D eigenvalue weighted by Crippen LogP contribution is -2.13. The number of hydrogen-bond acceptors (Lipinski definition) is 7. The minimum absolute atomic E-state index is 0.00724. The Balaban J connectivity index is 1.59. The average molecular weight is 365 g/mol. The van der Waals surface area contributed by atoms with Crippen molar-refractivity contribution in [2.45, 2.75) is 5.75 Å². The third kappa shape index (κ3) is 4.06. The van der Waals surface area contributed by atoms with Crippen LogP contribution in [0.4, 0.5) is 10.8 Å². The number of rotatable bonds is 6. The summed E-state index contributed by atoms with van der Waals surface area (Å²) in [6.07, 6.45) is 0. The van der Waals surface area contributed by atoms with Crippen molar-refractivity contribution in [3.05, 3.63) is 50.7 Å². The van der Waals surface area contributed by atoms with E-state index in [4.69, 9.17) is 0 Å². The lowest BCUT2D eigenvalue weighted by atomic mass is 10.3. The minimum atomic E-state index is -0.460. The maximum Gasteiger partial charge on any atom is 0.271 e. The third-order valence-electron chi connectivity index (χ3n) is 2.89. The summed E-state index contributed by atoms with van der Waals surface area (Å²) >= 11 is 4.51. The van der Waals surface area contributed by atoms with E-state index in [9.17, 15) is 14.9 Å². The predicted octanol–water partition coefficient (Wildman–Crippen LogP) is 4.14. The molecule has 0 bridgehead atoms. The number of thioether (sulfide) groups is 1. The third-order valence-corrected chi connectivity index (χ3v) is 5.88. The fourth-order valence-corrected chi connectivity index (χ4v) is 4.41. The lowest BCUT2D eigenvalue weighted by Gasteiger charge is -2.00. The molecule has 0 fully saturated rings. The van der Waals surface area contributed by atoms with E-state index in [2.05, 4.69) is 10.3 Å². The Kier molecular flexibility index (Phi) is 4.89. The number of nitro benzene ring substituents is 1. The number of carbonyl (C=O) groups is 1. The molecule has 2 heterocycles. The minimum Gasteiger partial charge on any atom is -0.301 e. The van der Waals surface area contributed by atoms with Gasteiger partial charge in [-0.15, -0.1) is 23.1 Å². The summed E-state index contributed by atoms with van der Waals surface area (Å²) in [6, 6.07) is 8.51. The van der Waals surface area contributed by atoms with Gasteiger partial charge in [-0.05, 0) is 17.5 Å². The Morgan fingerprint density at radius 2 is 2.26 bits per heavy atom. The summed E-state index contributed by atoms with van der Waals surface area (Å²) in [5.41, 5.74) is 0.512. The predicted molar refractivity (Wildman–Crippen MR) is 95.4 cm³/mol. The van der Waals surface area contributed by atoms with Gasteiger partial charge in [0, 0.05) is 22.8 Å². The Hall–Kier alpha value is -1.97. The van der Waals surface area contributed by atoms with E-state index in [0.29, 0.717) is 16.4 Å². The van der Waals surface area contributed by atoms with Gasteiger partial charge in [-0.3, -0.25) is 14.9 Å². The van der Waals surface area contributed by atoms with Crippen LogP contribution in [-0.2, 0) is 10.5 Å². The number of nitrogens with one attached hydrogen (secondary N) is 1. The maximum absolute atomic E-state index is 11.9. The van der Waals surface area contributed by atoms with Crippen molar-refractivity contribution in [2.75, 3.05) is 11.1 Å². The number of fused-ring (bicyclic) bond motifs is 1. The number of non-ortho nitro benzene ring substituents is 1. The van der Waals surface area contributed by atoms with Gasteiger partial charge in [0.2, 0.25) is 5.91 Å². The van der Waals surface area contributed by atoms with Crippen molar-refractivity contribution in [1.29, 1.82) is 0 Å². The van der Waals surface area contributed by atoms with Gasteiger partial charge in [-0.1, -0.05) is 17.4 Å². The molecule has 0 aliphatic rings. The molecule has 0 aliphatic carbocycles. The Labute approximate surface area is 143 Å². The molecule has 23 heavy (non-hydrogen) atoms. The second kappa shape index (κ2) is 7.07. The first-order valence-electron chi connectivity index (χ1n) is 6.57. The Morgan fingerprint density at radius 1 is 1.39 bits per heavy atom. The van der Waals surface area contributed by atoms with Crippen LogP contribution in [0.3, 0.4) is 0 Å². The van der Waals surface area contributed by atoms with Gasteiger partial charge in [-0.25, -0.2) is 4.98 Å².